The maximum Gasteiger partial charge on any atom is 0.335 e. The minimum absolute atomic E-state index is 0.0349. The molecule has 0 aromatic carbocycles. The Balaban J connectivity index is 1.63. The summed E-state index contributed by atoms with van der Waals surface area (Å²) in [6.45, 7) is 9.73. The van der Waals surface area contributed by atoms with Crippen LogP contribution < -0.4 is 0 Å². The number of aliphatic hydroxyl groups excluding tert-OH is 1. The molecular formula is C27H39NO6. The van der Waals surface area contributed by atoms with Crippen LogP contribution in [0, 0.1) is 29.6 Å². The molecule has 188 valence electrons. The van der Waals surface area contributed by atoms with Gasteiger partial charge in [-0.25, -0.2) is 4.79 Å². The Morgan fingerprint density at radius 1 is 1.21 bits per heavy atom. The molecule has 0 aromatic rings. The van der Waals surface area contributed by atoms with Gasteiger partial charge in [0.15, 0.2) is 6.10 Å². The van der Waals surface area contributed by atoms with Crippen molar-refractivity contribution in [2.24, 2.45) is 29.6 Å². The van der Waals surface area contributed by atoms with Crippen LogP contribution in [0.5, 0.6) is 0 Å². The number of esters is 1. The van der Waals surface area contributed by atoms with Crippen LogP contribution >= 0.6 is 0 Å². The molecule has 0 aromatic heterocycles. The Hall–Kier alpha value is -1.54. The second kappa shape index (κ2) is 8.84. The van der Waals surface area contributed by atoms with Crippen LogP contribution in [0.3, 0.4) is 0 Å². The number of cyclic esters (lactones) is 1. The SMILES string of the molecule is CO[C@H]1C[C@H]2C=C[C@H]3[C@H]4O[C@]2(C(C)=C[C@@H](C)[C@@H]([C@@H](C)O)OC1=O)[C@@H]3C(=O)[C@H](C)[C@H]4N1CCCC1. The van der Waals surface area contributed by atoms with Gasteiger partial charge in [0, 0.05) is 36.8 Å². The Kier molecular flexibility index (Phi) is 6.28. The smallest absolute Gasteiger partial charge is 0.335 e. The third-order valence-corrected chi connectivity index (χ3v) is 9.23. The van der Waals surface area contributed by atoms with E-state index in [-0.39, 0.29) is 47.5 Å². The lowest BCUT2D eigenvalue weighted by Crippen LogP contribution is -2.57. The molecule has 2 saturated heterocycles. The summed E-state index contributed by atoms with van der Waals surface area (Å²) in [5.41, 5.74) is 0.184. The molecule has 7 heteroatoms. The molecular weight excluding hydrogens is 434 g/mol. The van der Waals surface area contributed by atoms with Gasteiger partial charge in [0.25, 0.3) is 0 Å². The topological polar surface area (TPSA) is 85.3 Å². The molecule has 3 heterocycles. The standard InChI is InChI=1S/C27H39NO6/c1-14-12-15(2)27-18(13-20(32-5)26(31)33-24(14)17(4)29)8-9-19-21(27)23(30)16(3)22(25(19)34-27)28-10-6-7-11-28/h8-9,12,14,16-22,24-25,29H,6-7,10-11,13H2,1-5H3/t14-,16-,17-,18-,19-,20+,21+,22-,24+,25-,27+/m1/s1. The number of ketones is 1. The first-order valence-corrected chi connectivity index (χ1v) is 12.9. The zero-order chi connectivity index (χ0) is 24.4. The van der Waals surface area contributed by atoms with E-state index in [1.807, 2.05) is 13.8 Å². The lowest BCUT2D eigenvalue weighted by molar-refractivity contribution is -0.171. The fraction of sp³-hybridized carbons (Fsp3) is 0.778. The molecule has 7 nitrogen and oxygen atoms in total. The van der Waals surface area contributed by atoms with E-state index in [1.54, 1.807) is 6.92 Å². The average molecular weight is 474 g/mol. The summed E-state index contributed by atoms with van der Waals surface area (Å²) in [6.07, 6.45) is 6.69. The molecule has 1 spiro atoms. The van der Waals surface area contributed by atoms with E-state index < -0.39 is 29.9 Å². The molecule has 34 heavy (non-hydrogen) atoms. The second-order valence-corrected chi connectivity index (χ2v) is 11.2. The number of hydrogen-bond acceptors (Lipinski definition) is 7. The quantitative estimate of drug-likeness (QED) is 0.498. The molecule has 3 fully saturated rings. The summed E-state index contributed by atoms with van der Waals surface area (Å²) in [6, 6.07) is 0.0769. The molecule has 2 aliphatic carbocycles. The lowest BCUT2D eigenvalue weighted by Gasteiger charge is -2.46. The minimum atomic E-state index is -0.836. The molecule has 0 radical (unpaired) electrons. The van der Waals surface area contributed by atoms with Crippen LogP contribution in [0.25, 0.3) is 0 Å². The third kappa shape index (κ3) is 3.46. The minimum Gasteiger partial charge on any atom is -0.457 e. The van der Waals surface area contributed by atoms with Gasteiger partial charge in [-0.15, -0.1) is 0 Å². The van der Waals surface area contributed by atoms with Crippen molar-refractivity contribution in [1.29, 1.82) is 0 Å². The van der Waals surface area contributed by atoms with Gasteiger partial charge in [-0.3, -0.25) is 9.69 Å². The van der Waals surface area contributed by atoms with Crippen LogP contribution in [-0.4, -0.2) is 78.0 Å². The first-order valence-electron chi connectivity index (χ1n) is 12.9. The van der Waals surface area contributed by atoms with Crippen molar-refractivity contribution in [1.82, 2.24) is 4.90 Å². The maximum absolute atomic E-state index is 14.0. The van der Waals surface area contributed by atoms with Gasteiger partial charge < -0.3 is 19.3 Å². The zero-order valence-corrected chi connectivity index (χ0v) is 21.0. The molecule has 11 atom stereocenters. The molecule has 0 unspecified atom stereocenters. The predicted octanol–water partition coefficient (Wildman–Crippen LogP) is 2.52. The molecule has 4 bridgehead atoms. The maximum atomic E-state index is 14.0. The summed E-state index contributed by atoms with van der Waals surface area (Å²) in [5, 5.41) is 10.4. The van der Waals surface area contributed by atoms with Gasteiger partial charge in [0.2, 0.25) is 0 Å². The monoisotopic (exact) mass is 473 g/mol. The number of ether oxygens (including phenoxy) is 3. The van der Waals surface area contributed by atoms with Crippen LogP contribution in [-0.2, 0) is 23.8 Å². The van der Waals surface area contributed by atoms with Crippen molar-refractivity contribution in [3.8, 4) is 0 Å². The van der Waals surface area contributed by atoms with Crippen molar-refractivity contribution in [2.75, 3.05) is 20.2 Å². The Bertz CT molecular complexity index is 892. The second-order valence-electron chi connectivity index (χ2n) is 11.2. The lowest BCUT2D eigenvalue weighted by atomic mass is 9.57. The zero-order valence-electron chi connectivity index (χ0n) is 21.0. The van der Waals surface area contributed by atoms with Gasteiger partial charge in [0.05, 0.1) is 18.1 Å². The normalized spacial score (nSPS) is 47.7. The number of methoxy groups -OCH3 is 1. The molecule has 0 amide bonds. The van der Waals surface area contributed by atoms with Crippen LogP contribution in [0.15, 0.2) is 23.8 Å². The van der Waals surface area contributed by atoms with Gasteiger partial charge in [-0.2, -0.15) is 0 Å². The van der Waals surface area contributed by atoms with E-state index in [9.17, 15) is 14.7 Å². The Morgan fingerprint density at radius 2 is 1.91 bits per heavy atom. The van der Waals surface area contributed by atoms with Crippen LogP contribution in [0.2, 0.25) is 0 Å². The van der Waals surface area contributed by atoms with E-state index in [2.05, 4.69) is 30.1 Å². The van der Waals surface area contributed by atoms with E-state index in [1.165, 1.54) is 7.11 Å². The van der Waals surface area contributed by atoms with Gasteiger partial charge in [-0.05, 0) is 51.8 Å². The first kappa shape index (κ1) is 24.2. The molecule has 5 rings (SSSR count). The highest BCUT2D eigenvalue weighted by Gasteiger charge is 2.69. The molecule has 5 aliphatic rings. The Morgan fingerprint density at radius 3 is 2.56 bits per heavy atom. The highest BCUT2D eigenvalue weighted by Crippen LogP contribution is 2.60. The van der Waals surface area contributed by atoms with Crippen molar-refractivity contribution in [3.05, 3.63) is 23.8 Å². The number of nitrogens with zero attached hydrogens (tertiary/aromatic N) is 1. The molecule has 1 N–H and O–H groups in total. The fourth-order valence-corrected chi connectivity index (χ4v) is 7.67. The number of Topliss-reactive ketones (excluding diaryl/α,β-unsaturated/α-hetero) is 1. The summed E-state index contributed by atoms with van der Waals surface area (Å²) in [4.78, 5) is 29.5. The summed E-state index contributed by atoms with van der Waals surface area (Å²) in [7, 11) is 1.51. The fourth-order valence-electron chi connectivity index (χ4n) is 7.67. The van der Waals surface area contributed by atoms with Crippen molar-refractivity contribution >= 4 is 11.8 Å². The predicted molar refractivity (Wildman–Crippen MR) is 126 cm³/mol. The summed E-state index contributed by atoms with van der Waals surface area (Å²) in [5.74, 6) is -0.970. The largest absolute Gasteiger partial charge is 0.457 e. The van der Waals surface area contributed by atoms with E-state index in [4.69, 9.17) is 14.2 Å². The number of likely N-dealkylation sites (tertiary alicyclic amines) is 1. The average Bonchev–Trinajstić information content (AvgIpc) is 3.38. The van der Waals surface area contributed by atoms with E-state index >= 15 is 0 Å². The number of hydrogen-bond donors (Lipinski definition) is 1. The van der Waals surface area contributed by atoms with Crippen molar-refractivity contribution in [3.63, 3.8) is 0 Å². The molecule has 1 saturated carbocycles. The first-order chi connectivity index (χ1) is 16.2. The Labute approximate surface area is 202 Å². The van der Waals surface area contributed by atoms with Gasteiger partial charge in [0.1, 0.15) is 17.5 Å². The van der Waals surface area contributed by atoms with Crippen LogP contribution in [0.1, 0.15) is 47.0 Å². The highest BCUT2D eigenvalue weighted by atomic mass is 16.6. The highest BCUT2D eigenvalue weighted by molar-refractivity contribution is 5.88. The van der Waals surface area contributed by atoms with E-state index in [0.717, 1.165) is 31.5 Å². The van der Waals surface area contributed by atoms with Gasteiger partial charge in [-0.1, -0.05) is 32.1 Å². The number of carbonyl (C=O) groups excluding carboxylic acids is 2. The summed E-state index contributed by atoms with van der Waals surface area (Å²) >= 11 is 0. The molecule has 3 aliphatic heterocycles. The summed E-state index contributed by atoms with van der Waals surface area (Å²) < 4.78 is 18.4. The number of rotatable bonds is 3. The number of aliphatic hydroxyl groups is 1. The number of carbonyl (C=O) groups is 2. The van der Waals surface area contributed by atoms with Crippen LogP contribution in [0.4, 0.5) is 0 Å². The van der Waals surface area contributed by atoms with Crippen molar-refractivity contribution < 1.29 is 28.9 Å². The van der Waals surface area contributed by atoms with Gasteiger partial charge >= 0.3 is 5.97 Å². The third-order valence-electron chi connectivity index (χ3n) is 9.23. The van der Waals surface area contributed by atoms with Crippen molar-refractivity contribution in [2.45, 2.75) is 83.0 Å². The van der Waals surface area contributed by atoms with E-state index in [0.29, 0.717) is 6.42 Å².